The molecule has 0 aromatic heterocycles. The highest BCUT2D eigenvalue weighted by atomic mass is 16.2. The van der Waals surface area contributed by atoms with Crippen LogP contribution in [0.25, 0.3) is 0 Å². The number of hydrogen-bond acceptors (Lipinski definition) is 4. The molecule has 2 fully saturated rings. The summed E-state index contributed by atoms with van der Waals surface area (Å²) < 4.78 is 0. The quantitative estimate of drug-likeness (QED) is 0.818. The number of anilines is 1. The van der Waals surface area contributed by atoms with Crippen molar-refractivity contribution in [2.75, 3.05) is 38.1 Å². The Morgan fingerprint density at radius 1 is 1.04 bits per heavy atom. The summed E-state index contributed by atoms with van der Waals surface area (Å²) in [5.41, 5.74) is 0.161. The molecule has 0 N–H and O–H groups in total. The molecule has 5 nitrogen and oxygen atoms in total. The second-order valence-corrected chi connectivity index (χ2v) is 9.08. The number of nitrogens with zero attached hydrogens (tertiary/aromatic N) is 4. The topological polar surface area (TPSA) is 39.1 Å². The number of aliphatic imine (C=N–C) groups is 1. The van der Waals surface area contributed by atoms with Crippen molar-refractivity contribution in [3.63, 3.8) is 0 Å². The Morgan fingerprint density at radius 2 is 1.62 bits per heavy atom. The van der Waals surface area contributed by atoms with Gasteiger partial charge in [0.25, 0.3) is 0 Å². The van der Waals surface area contributed by atoms with Crippen LogP contribution in [0.5, 0.6) is 0 Å². The van der Waals surface area contributed by atoms with Crippen LogP contribution in [0.3, 0.4) is 0 Å². The summed E-state index contributed by atoms with van der Waals surface area (Å²) in [4.78, 5) is 25.2. The minimum Gasteiger partial charge on any atom is -0.304 e. The normalized spacial score (nSPS) is 26.7. The van der Waals surface area contributed by atoms with E-state index >= 15 is 0 Å². The first-order valence-corrected chi connectivity index (χ1v) is 9.53. The molecule has 3 rings (SSSR count). The number of carbonyl (C=O) groups is 1. The fraction of sp³-hybridized carbons (Fsp3) is 0.619. The zero-order valence-corrected chi connectivity index (χ0v) is 17.0. The number of amidine groups is 1. The van der Waals surface area contributed by atoms with E-state index in [9.17, 15) is 4.79 Å². The number of piperazine rings is 1. The lowest BCUT2D eigenvalue weighted by atomic mass is 9.85. The van der Waals surface area contributed by atoms with E-state index in [-0.39, 0.29) is 17.5 Å². The molecule has 1 unspecified atom stereocenters. The highest BCUT2D eigenvalue weighted by Crippen LogP contribution is 2.40. The van der Waals surface area contributed by atoms with Crippen LogP contribution in [0, 0.1) is 5.41 Å². The SMILES string of the molecule is CN1CCN(C2C(=NC(C)(C)C)N(c3ccccc3)C(=O)C2(C)C)CC1. The highest BCUT2D eigenvalue weighted by Gasteiger charge is 2.55. The van der Waals surface area contributed by atoms with E-state index in [0.717, 1.165) is 37.7 Å². The van der Waals surface area contributed by atoms with Crippen LogP contribution >= 0.6 is 0 Å². The first-order valence-electron chi connectivity index (χ1n) is 9.53. The third-order valence-corrected chi connectivity index (χ3v) is 5.28. The van der Waals surface area contributed by atoms with Crippen LogP contribution < -0.4 is 4.90 Å². The maximum Gasteiger partial charge on any atom is 0.240 e. The minimum atomic E-state index is -0.504. The maximum absolute atomic E-state index is 13.4. The Balaban J connectivity index is 2.08. The van der Waals surface area contributed by atoms with Crippen LogP contribution in [0.4, 0.5) is 5.69 Å². The van der Waals surface area contributed by atoms with Crippen molar-refractivity contribution in [3.8, 4) is 0 Å². The molecule has 26 heavy (non-hydrogen) atoms. The number of carbonyl (C=O) groups excluding carboxylic acids is 1. The third kappa shape index (κ3) is 3.55. The first kappa shape index (κ1) is 19.1. The van der Waals surface area contributed by atoms with Crippen molar-refractivity contribution in [2.24, 2.45) is 10.4 Å². The van der Waals surface area contributed by atoms with E-state index in [4.69, 9.17) is 4.99 Å². The van der Waals surface area contributed by atoms with Crippen molar-refractivity contribution >= 4 is 17.4 Å². The number of hydrogen-bond donors (Lipinski definition) is 0. The van der Waals surface area contributed by atoms with Gasteiger partial charge in [0.1, 0.15) is 5.84 Å². The van der Waals surface area contributed by atoms with Gasteiger partial charge in [-0.2, -0.15) is 0 Å². The lowest BCUT2D eigenvalue weighted by Crippen LogP contribution is -2.55. The molecule has 0 saturated carbocycles. The molecule has 1 amide bonds. The molecule has 1 aromatic carbocycles. The van der Waals surface area contributed by atoms with Gasteiger partial charge in [-0.05, 0) is 53.8 Å². The Hall–Kier alpha value is -1.72. The molecular formula is C21H32N4O. The van der Waals surface area contributed by atoms with Gasteiger partial charge in [-0.25, -0.2) is 0 Å². The minimum absolute atomic E-state index is 0.00290. The third-order valence-electron chi connectivity index (χ3n) is 5.28. The van der Waals surface area contributed by atoms with Crippen molar-refractivity contribution in [1.82, 2.24) is 9.80 Å². The van der Waals surface area contributed by atoms with Gasteiger partial charge in [-0.15, -0.1) is 0 Å². The van der Waals surface area contributed by atoms with Gasteiger partial charge >= 0.3 is 0 Å². The summed E-state index contributed by atoms with van der Waals surface area (Å²) in [6, 6.07) is 9.94. The number of amides is 1. The summed E-state index contributed by atoms with van der Waals surface area (Å²) in [7, 11) is 2.16. The Bertz CT molecular complexity index is 682. The monoisotopic (exact) mass is 356 g/mol. The van der Waals surface area contributed by atoms with E-state index in [0.29, 0.717) is 0 Å². The molecule has 2 saturated heterocycles. The molecule has 0 spiro atoms. The standard InChI is InChI=1S/C21H32N4O/c1-20(2,3)22-18-17(24-14-12-23(6)13-15-24)21(4,5)19(26)25(18)16-10-8-7-9-11-16/h7-11,17H,12-15H2,1-6H3. The van der Waals surface area contributed by atoms with E-state index in [1.54, 1.807) is 0 Å². The highest BCUT2D eigenvalue weighted by molar-refractivity contribution is 6.27. The summed E-state index contributed by atoms with van der Waals surface area (Å²) in [6.07, 6.45) is 0. The number of benzene rings is 1. The van der Waals surface area contributed by atoms with Gasteiger partial charge in [0.15, 0.2) is 0 Å². The molecular weight excluding hydrogens is 324 g/mol. The van der Waals surface area contributed by atoms with E-state index < -0.39 is 5.41 Å². The first-order chi connectivity index (χ1) is 12.1. The second kappa shape index (κ2) is 6.78. The largest absolute Gasteiger partial charge is 0.304 e. The van der Waals surface area contributed by atoms with Crippen LogP contribution in [0.2, 0.25) is 0 Å². The maximum atomic E-state index is 13.4. The summed E-state index contributed by atoms with van der Waals surface area (Å²) >= 11 is 0. The van der Waals surface area contributed by atoms with Crippen molar-refractivity contribution in [2.45, 2.75) is 46.2 Å². The molecule has 1 aromatic rings. The lowest BCUT2D eigenvalue weighted by Gasteiger charge is -2.40. The van der Waals surface area contributed by atoms with Crippen molar-refractivity contribution in [3.05, 3.63) is 30.3 Å². The number of likely N-dealkylation sites (N-methyl/N-ethyl adjacent to an activating group) is 1. The predicted molar refractivity (Wildman–Crippen MR) is 108 cm³/mol. The van der Waals surface area contributed by atoms with Gasteiger partial charge < -0.3 is 4.90 Å². The fourth-order valence-corrected chi connectivity index (χ4v) is 3.94. The summed E-state index contributed by atoms with van der Waals surface area (Å²) in [5.74, 6) is 1.03. The summed E-state index contributed by atoms with van der Waals surface area (Å²) in [5, 5.41) is 0. The fourth-order valence-electron chi connectivity index (χ4n) is 3.94. The van der Waals surface area contributed by atoms with Crippen LogP contribution in [-0.2, 0) is 4.79 Å². The number of para-hydroxylation sites is 1. The van der Waals surface area contributed by atoms with Crippen molar-refractivity contribution < 1.29 is 4.79 Å². The average Bonchev–Trinajstić information content (AvgIpc) is 2.74. The van der Waals surface area contributed by atoms with Gasteiger partial charge in [-0.3, -0.25) is 19.6 Å². The van der Waals surface area contributed by atoms with Gasteiger partial charge in [0, 0.05) is 26.2 Å². The van der Waals surface area contributed by atoms with E-state index in [1.807, 2.05) is 35.2 Å². The zero-order valence-electron chi connectivity index (χ0n) is 17.0. The predicted octanol–water partition coefficient (Wildman–Crippen LogP) is 2.87. The number of rotatable bonds is 2. The molecule has 0 bridgehead atoms. The second-order valence-electron chi connectivity index (χ2n) is 9.08. The smallest absolute Gasteiger partial charge is 0.240 e. The van der Waals surface area contributed by atoms with Crippen LogP contribution in [0.15, 0.2) is 35.3 Å². The molecule has 142 valence electrons. The Morgan fingerprint density at radius 3 is 2.15 bits per heavy atom. The van der Waals surface area contributed by atoms with Crippen LogP contribution in [-0.4, -0.2) is 66.4 Å². The van der Waals surface area contributed by atoms with E-state index in [1.165, 1.54) is 0 Å². The Labute approximate surface area is 157 Å². The molecule has 1 atom stereocenters. The lowest BCUT2D eigenvalue weighted by molar-refractivity contribution is -0.126. The van der Waals surface area contributed by atoms with Gasteiger partial charge in [-0.1, -0.05) is 18.2 Å². The van der Waals surface area contributed by atoms with Crippen molar-refractivity contribution in [1.29, 1.82) is 0 Å². The van der Waals surface area contributed by atoms with Gasteiger partial charge in [0.05, 0.1) is 22.7 Å². The molecule has 0 radical (unpaired) electrons. The molecule has 0 aliphatic carbocycles. The van der Waals surface area contributed by atoms with E-state index in [2.05, 4.69) is 51.5 Å². The molecule has 2 aliphatic rings. The van der Waals surface area contributed by atoms with Gasteiger partial charge in [0.2, 0.25) is 5.91 Å². The zero-order chi connectivity index (χ0) is 19.1. The molecule has 5 heteroatoms. The molecule has 2 heterocycles. The van der Waals surface area contributed by atoms with Crippen LogP contribution in [0.1, 0.15) is 34.6 Å². The molecule has 2 aliphatic heterocycles. The summed E-state index contributed by atoms with van der Waals surface area (Å²) in [6.45, 7) is 14.4. The Kier molecular flexibility index (Phi) is 4.97. The average molecular weight is 357 g/mol.